The molecule has 102 valence electrons. The van der Waals surface area contributed by atoms with Crippen LogP contribution in [0.5, 0.6) is 0 Å². The van der Waals surface area contributed by atoms with E-state index in [2.05, 4.69) is 66.2 Å². The summed E-state index contributed by atoms with van der Waals surface area (Å²) in [6.07, 6.45) is 2.01. The van der Waals surface area contributed by atoms with E-state index in [-0.39, 0.29) is 5.54 Å². The lowest BCUT2D eigenvalue weighted by Crippen LogP contribution is -2.35. The van der Waals surface area contributed by atoms with E-state index in [1.807, 2.05) is 23.0 Å². The molecule has 0 amide bonds. The average molecular weight is 322 g/mol. The van der Waals surface area contributed by atoms with Gasteiger partial charge < -0.3 is 5.32 Å². The molecule has 2 aromatic rings. The summed E-state index contributed by atoms with van der Waals surface area (Å²) in [5, 5.41) is 8.06. The maximum Gasteiger partial charge on any atom is 0.0767 e. The third kappa shape index (κ3) is 3.67. The van der Waals surface area contributed by atoms with E-state index in [4.69, 9.17) is 0 Å². The van der Waals surface area contributed by atoms with Crippen molar-refractivity contribution in [2.75, 3.05) is 0 Å². The van der Waals surface area contributed by atoms with Gasteiger partial charge >= 0.3 is 0 Å². The molecule has 1 aromatic carbocycles. The number of hydrogen-bond acceptors (Lipinski definition) is 2. The Morgan fingerprint density at radius 2 is 2.00 bits per heavy atom. The molecule has 0 unspecified atom stereocenters. The van der Waals surface area contributed by atoms with Crippen LogP contribution in [0.15, 0.2) is 34.9 Å². The molecular formula is C15H20BrN3. The van der Waals surface area contributed by atoms with Crippen molar-refractivity contribution < 1.29 is 0 Å². The van der Waals surface area contributed by atoms with Gasteiger partial charge in [-0.1, -0.05) is 22.0 Å². The molecule has 0 atom stereocenters. The molecule has 2 rings (SSSR count). The van der Waals surface area contributed by atoms with Crippen molar-refractivity contribution in [1.29, 1.82) is 0 Å². The fraction of sp³-hybridized carbons (Fsp3) is 0.400. The predicted octanol–water partition coefficient (Wildman–Crippen LogP) is 3.83. The molecule has 1 aromatic heterocycles. The van der Waals surface area contributed by atoms with E-state index < -0.39 is 0 Å². The van der Waals surface area contributed by atoms with Gasteiger partial charge in [-0.15, -0.1) is 0 Å². The Labute approximate surface area is 123 Å². The van der Waals surface area contributed by atoms with Crippen molar-refractivity contribution in [2.24, 2.45) is 0 Å². The van der Waals surface area contributed by atoms with Crippen LogP contribution in [-0.4, -0.2) is 15.3 Å². The van der Waals surface area contributed by atoms with E-state index >= 15 is 0 Å². The Balaban J connectivity index is 2.19. The van der Waals surface area contributed by atoms with Gasteiger partial charge in [0.2, 0.25) is 0 Å². The highest BCUT2D eigenvalue weighted by atomic mass is 79.9. The average Bonchev–Trinajstić information content (AvgIpc) is 2.78. The Hall–Kier alpha value is -1.13. The van der Waals surface area contributed by atoms with Crippen molar-refractivity contribution >= 4 is 15.9 Å². The largest absolute Gasteiger partial charge is 0.306 e. The predicted molar refractivity (Wildman–Crippen MR) is 82.6 cm³/mol. The van der Waals surface area contributed by atoms with E-state index in [9.17, 15) is 0 Å². The zero-order valence-electron chi connectivity index (χ0n) is 11.9. The summed E-state index contributed by atoms with van der Waals surface area (Å²) in [6.45, 7) is 9.34. The van der Waals surface area contributed by atoms with Crippen LogP contribution in [0.4, 0.5) is 0 Å². The van der Waals surface area contributed by atoms with Crippen LogP contribution < -0.4 is 5.32 Å². The second-order valence-electron chi connectivity index (χ2n) is 5.74. The highest BCUT2D eigenvalue weighted by Gasteiger charge is 2.10. The summed E-state index contributed by atoms with van der Waals surface area (Å²) in [6, 6.07) is 8.21. The number of nitrogens with zero attached hydrogens (tertiary/aromatic N) is 2. The van der Waals surface area contributed by atoms with Crippen LogP contribution >= 0.6 is 15.9 Å². The minimum Gasteiger partial charge on any atom is -0.306 e. The molecular weight excluding hydrogens is 302 g/mol. The molecule has 3 nitrogen and oxygen atoms in total. The summed E-state index contributed by atoms with van der Waals surface area (Å²) in [5.74, 6) is 0. The first-order valence-electron chi connectivity index (χ1n) is 6.42. The third-order valence-corrected chi connectivity index (χ3v) is 3.79. The van der Waals surface area contributed by atoms with Crippen LogP contribution in [0.2, 0.25) is 0 Å². The zero-order valence-corrected chi connectivity index (χ0v) is 13.5. The smallest absolute Gasteiger partial charge is 0.0767 e. The summed E-state index contributed by atoms with van der Waals surface area (Å²) in [7, 11) is 0. The van der Waals surface area contributed by atoms with Gasteiger partial charge in [0.25, 0.3) is 0 Å². The number of halogens is 1. The molecule has 19 heavy (non-hydrogen) atoms. The number of rotatable bonds is 3. The van der Waals surface area contributed by atoms with E-state index in [1.165, 1.54) is 5.56 Å². The lowest BCUT2D eigenvalue weighted by molar-refractivity contribution is 0.420. The second-order valence-corrected chi connectivity index (χ2v) is 6.59. The molecule has 0 saturated carbocycles. The molecule has 0 bridgehead atoms. The molecule has 0 aliphatic heterocycles. The SMILES string of the molecule is Cc1c(Br)cccc1-n1ccc(CNC(C)(C)C)n1. The molecule has 0 spiro atoms. The fourth-order valence-electron chi connectivity index (χ4n) is 1.79. The van der Waals surface area contributed by atoms with Gasteiger partial charge in [-0.2, -0.15) is 5.10 Å². The Morgan fingerprint density at radius 3 is 2.68 bits per heavy atom. The standard InChI is InChI=1S/C15H20BrN3/c1-11-13(16)6-5-7-14(11)19-9-8-12(18-19)10-17-15(2,3)4/h5-9,17H,10H2,1-4H3. The minimum atomic E-state index is 0.107. The Kier molecular flexibility index (Phi) is 4.11. The monoisotopic (exact) mass is 321 g/mol. The number of nitrogens with one attached hydrogen (secondary N) is 1. The molecule has 0 fully saturated rings. The van der Waals surface area contributed by atoms with Crippen LogP contribution in [0.3, 0.4) is 0 Å². The van der Waals surface area contributed by atoms with Gasteiger partial charge in [0.1, 0.15) is 0 Å². The van der Waals surface area contributed by atoms with E-state index in [0.29, 0.717) is 0 Å². The van der Waals surface area contributed by atoms with Crippen molar-refractivity contribution in [2.45, 2.75) is 39.8 Å². The lowest BCUT2D eigenvalue weighted by atomic mass is 10.1. The van der Waals surface area contributed by atoms with Crippen molar-refractivity contribution in [3.05, 3.63) is 46.2 Å². The highest BCUT2D eigenvalue weighted by Crippen LogP contribution is 2.22. The number of aromatic nitrogens is 2. The number of hydrogen-bond donors (Lipinski definition) is 1. The summed E-state index contributed by atoms with van der Waals surface area (Å²) in [5.41, 5.74) is 3.46. The molecule has 1 N–H and O–H groups in total. The topological polar surface area (TPSA) is 29.9 Å². The van der Waals surface area contributed by atoms with Gasteiger partial charge in [-0.3, -0.25) is 0 Å². The van der Waals surface area contributed by atoms with Crippen molar-refractivity contribution in [1.82, 2.24) is 15.1 Å². The molecule has 0 aliphatic rings. The first-order valence-corrected chi connectivity index (χ1v) is 7.21. The van der Waals surface area contributed by atoms with Crippen LogP contribution in [-0.2, 0) is 6.54 Å². The summed E-state index contributed by atoms with van der Waals surface area (Å²) < 4.78 is 3.04. The third-order valence-electron chi connectivity index (χ3n) is 2.93. The lowest BCUT2D eigenvalue weighted by Gasteiger charge is -2.19. The highest BCUT2D eigenvalue weighted by molar-refractivity contribution is 9.10. The van der Waals surface area contributed by atoms with Crippen molar-refractivity contribution in [3.63, 3.8) is 0 Å². The molecule has 4 heteroatoms. The first-order chi connectivity index (χ1) is 8.87. The Morgan fingerprint density at radius 1 is 1.26 bits per heavy atom. The van der Waals surface area contributed by atoms with Crippen LogP contribution in [0.1, 0.15) is 32.0 Å². The van der Waals surface area contributed by atoms with Gasteiger partial charge in [-0.05, 0) is 51.5 Å². The molecule has 0 radical (unpaired) electrons. The van der Waals surface area contributed by atoms with Gasteiger partial charge in [0.05, 0.1) is 11.4 Å². The zero-order chi connectivity index (χ0) is 14.0. The molecule has 1 heterocycles. The van der Waals surface area contributed by atoms with Crippen LogP contribution in [0.25, 0.3) is 5.69 Å². The fourth-order valence-corrected chi connectivity index (χ4v) is 2.15. The Bertz CT molecular complexity index is 567. The molecule has 0 aliphatic carbocycles. The second kappa shape index (κ2) is 5.47. The van der Waals surface area contributed by atoms with E-state index in [0.717, 1.165) is 22.4 Å². The first kappa shape index (κ1) is 14.3. The minimum absolute atomic E-state index is 0.107. The van der Waals surface area contributed by atoms with Crippen molar-refractivity contribution in [3.8, 4) is 5.69 Å². The molecule has 0 saturated heterocycles. The van der Waals surface area contributed by atoms with Crippen LogP contribution in [0, 0.1) is 6.92 Å². The van der Waals surface area contributed by atoms with Gasteiger partial charge in [-0.25, -0.2) is 4.68 Å². The summed E-state index contributed by atoms with van der Waals surface area (Å²) >= 11 is 3.55. The van der Waals surface area contributed by atoms with Gasteiger partial charge in [0, 0.05) is 22.8 Å². The number of benzene rings is 1. The normalized spacial score (nSPS) is 11.8. The maximum atomic E-state index is 4.62. The summed E-state index contributed by atoms with van der Waals surface area (Å²) in [4.78, 5) is 0. The van der Waals surface area contributed by atoms with E-state index in [1.54, 1.807) is 0 Å². The maximum absolute atomic E-state index is 4.62. The van der Waals surface area contributed by atoms with Gasteiger partial charge in [0.15, 0.2) is 0 Å². The quantitative estimate of drug-likeness (QED) is 0.931.